The van der Waals surface area contributed by atoms with Crippen molar-refractivity contribution in [1.29, 1.82) is 0 Å². The Morgan fingerprint density at radius 3 is 2.30 bits per heavy atom. The van der Waals surface area contributed by atoms with Gasteiger partial charge in [0.15, 0.2) is 0 Å². The Kier molecular flexibility index (Phi) is 4.97. The van der Waals surface area contributed by atoms with Crippen molar-refractivity contribution in [3.8, 4) is 0 Å². The number of carbonyl (C=O) groups is 1. The van der Waals surface area contributed by atoms with Gasteiger partial charge in [-0.25, -0.2) is 4.39 Å². The molecule has 1 atom stereocenters. The lowest BCUT2D eigenvalue weighted by Crippen LogP contribution is -2.41. The Hall–Kier alpha value is -1.79. The van der Waals surface area contributed by atoms with Gasteiger partial charge in [-0.3, -0.25) is 4.79 Å². The first-order valence-corrected chi connectivity index (χ1v) is 6.05. The van der Waals surface area contributed by atoms with Gasteiger partial charge in [0.1, 0.15) is 11.9 Å². The number of carbonyl (C=O) groups excluding carboxylic acids is 1. The number of nitrogens with one attached hydrogen (secondary N) is 2. The average Bonchev–Trinajstić information content (AvgIpc) is 2.29. The van der Waals surface area contributed by atoms with Crippen LogP contribution in [0.4, 0.5) is 23.2 Å². The molecule has 2 N–H and O–H groups in total. The van der Waals surface area contributed by atoms with E-state index in [0.717, 1.165) is 6.07 Å². The fraction of sp³-hybridized carbons (Fsp3) is 0.462. The largest absolute Gasteiger partial charge is 0.416 e. The lowest BCUT2D eigenvalue weighted by atomic mass is 10.1. The molecule has 0 fully saturated rings. The molecule has 112 valence electrons. The van der Waals surface area contributed by atoms with Crippen molar-refractivity contribution in [2.24, 2.45) is 0 Å². The van der Waals surface area contributed by atoms with Gasteiger partial charge in [-0.05, 0) is 39.0 Å². The van der Waals surface area contributed by atoms with E-state index >= 15 is 0 Å². The maximum absolute atomic E-state index is 13.5. The van der Waals surface area contributed by atoms with Gasteiger partial charge in [-0.1, -0.05) is 0 Å². The first-order chi connectivity index (χ1) is 9.11. The molecule has 3 nitrogen and oxygen atoms in total. The van der Waals surface area contributed by atoms with E-state index in [1.165, 1.54) is 6.92 Å². The monoisotopic (exact) mass is 292 g/mol. The van der Waals surface area contributed by atoms with Gasteiger partial charge in [0.25, 0.3) is 0 Å². The minimum atomic E-state index is -4.56. The topological polar surface area (TPSA) is 41.1 Å². The van der Waals surface area contributed by atoms with Crippen LogP contribution in [0.1, 0.15) is 26.3 Å². The molecule has 0 spiro atoms. The third-order valence-electron chi connectivity index (χ3n) is 2.49. The Labute approximate surface area is 114 Å². The summed E-state index contributed by atoms with van der Waals surface area (Å²) in [6, 6.07) is 1.06. The maximum atomic E-state index is 13.5. The summed E-state index contributed by atoms with van der Waals surface area (Å²) in [5.74, 6) is -1.26. The Balaban J connectivity index is 2.89. The highest BCUT2D eigenvalue weighted by atomic mass is 19.4. The van der Waals surface area contributed by atoms with E-state index in [0.29, 0.717) is 12.1 Å². The van der Waals surface area contributed by atoms with Gasteiger partial charge < -0.3 is 10.6 Å². The summed E-state index contributed by atoms with van der Waals surface area (Å²) in [5, 5.41) is 5.02. The molecule has 1 aromatic carbocycles. The number of hydrogen-bond donors (Lipinski definition) is 2. The first kappa shape index (κ1) is 16.3. The second-order valence-electron chi connectivity index (χ2n) is 4.72. The average molecular weight is 292 g/mol. The van der Waals surface area contributed by atoms with Gasteiger partial charge in [0, 0.05) is 6.04 Å². The number of rotatable bonds is 4. The molecule has 0 aromatic heterocycles. The van der Waals surface area contributed by atoms with Crippen molar-refractivity contribution < 1.29 is 22.4 Å². The zero-order chi connectivity index (χ0) is 15.5. The summed E-state index contributed by atoms with van der Waals surface area (Å²) in [6.07, 6.45) is -4.56. The minimum absolute atomic E-state index is 0.113. The van der Waals surface area contributed by atoms with Crippen LogP contribution in [0.25, 0.3) is 0 Å². The van der Waals surface area contributed by atoms with Crippen molar-refractivity contribution in [1.82, 2.24) is 5.32 Å². The smallest absolute Gasteiger partial charge is 0.372 e. The van der Waals surface area contributed by atoms with Gasteiger partial charge in [0.05, 0.1) is 11.3 Å². The third-order valence-corrected chi connectivity index (χ3v) is 2.49. The number of alkyl halides is 3. The van der Waals surface area contributed by atoms with Gasteiger partial charge in [-0.15, -0.1) is 0 Å². The Morgan fingerprint density at radius 1 is 1.20 bits per heavy atom. The molecule has 20 heavy (non-hydrogen) atoms. The molecule has 7 heteroatoms. The van der Waals surface area contributed by atoms with Crippen molar-refractivity contribution in [3.63, 3.8) is 0 Å². The molecule has 0 radical (unpaired) electrons. The highest BCUT2D eigenvalue weighted by Crippen LogP contribution is 2.31. The standard InChI is InChI=1S/C13H16F4N2O/c1-7(2)18-12(20)8(3)19-11-6-9(13(15,16)17)4-5-10(11)14/h4-8,19H,1-3H3,(H,18,20). The second-order valence-corrected chi connectivity index (χ2v) is 4.72. The van der Waals surface area contributed by atoms with Crippen LogP contribution >= 0.6 is 0 Å². The fourth-order valence-electron chi connectivity index (χ4n) is 1.52. The molecular formula is C13H16F4N2O. The van der Waals surface area contributed by atoms with E-state index < -0.39 is 29.5 Å². The highest BCUT2D eigenvalue weighted by Gasteiger charge is 2.31. The number of hydrogen-bond acceptors (Lipinski definition) is 2. The lowest BCUT2D eigenvalue weighted by Gasteiger charge is -2.18. The molecule has 0 aliphatic carbocycles. The molecule has 0 bridgehead atoms. The summed E-state index contributed by atoms with van der Waals surface area (Å²) in [6.45, 7) is 4.93. The fourth-order valence-corrected chi connectivity index (χ4v) is 1.52. The minimum Gasteiger partial charge on any atom is -0.372 e. The van der Waals surface area contributed by atoms with Crippen molar-refractivity contribution in [2.75, 3.05) is 5.32 Å². The predicted molar refractivity (Wildman–Crippen MR) is 67.8 cm³/mol. The predicted octanol–water partition coefficient (Wildman–Crippen LogP) is 3.17. The molecule has 0 heterocycles. The van der Waals surface area contributed by atoms with E-state index in [1.807, 2.05) is 0 Å². The maximum Gasteiger partial charge on any atom is 0.416 e. The molecular weight excluding hydrogens is 276 g/mol. The van der Waals surface area contributed by atoms with Crippen LogP contribution in [-0.2, 0) is 11.0 Å². The van der Waals surface area contributed by atoms with Crippen LogP contribution < -0.4 is 10.6 Å². The first-order valence-electron chi connectivity index (χ1n) is 6.05. The van der Waals surface area contributed by atoms with E-state index in [-0.39, 0.29) is 11.7 Å². The molecule has 1 aromatic rings. The van der Waals surface area contributed by atoms with Crippen LogP contribution in [0.2, 0.25) is 0 Å². The van der Waals surface area contributed by atoms with Crippen molar-refractivity contribution in [2.45, 2.75) is 39.0 Å². The van der Waals surface area contributed by atoms with E-state index in [9.17, 15) is 22.4 Å². The van der Waals surface area contributed by atoms with Crippen LogP contribution in [0.5, 0.6) is 0 Å². The molecule has 1 amide bonds. The quantitative estimate of drug-likeness (QED) is 0.837. The van der Waals surface area contributed by atoms with Crippen LogP contribution in [-0.4, -0.2) is 18.0 Å². The van der Waals surface area contributed by atoms with Crippen molar-refractivity contribution in [3.05, 3.63) is 29.6 Å². The van der Waals surface area contributed by atoms with Gasteiger partial charge in [-0.2, -0.15) is 13.2 Å². The number of halogens is 4. The molecule has 1 unspecified atom stereocenters. The Bertz CT molecular complexity index is 486. The Morgan fingerprint density at radius 2 is 1.80 bits per heavy atom. The molecule has 0 aliphatic heterocycles. The molecule has 0 saturated carbocycles. The van der Waals surface area contributed by atoms with Gasteiger partial charge >= 0.3 is 6.18 Å². The second kappa shape index (κ2) is 6.11. The lowest BCUT2D eigenvalue weighted by molar-refractivity contribution is -0.137. The number of anilines is 1. The number of benzene rings is 1. The molecule has 1 rings (SSSR count). The third kappa shape index (κ3) is 4.40. The summed E-state index contributed by atoms with van der Waals surface area (Å²) in [4.78, 5) is 11.6. The van der Waals surface area contributed by atoms with Crippen LogP contribution in [0, 0.1) is 5.82 Å². The zero-order valence-electron chi connectivity index (χ0n) is 11.3. The van der Waals surface area contributed by atoms with Gasteiger partial charge in [0.2, 0.25) is 5.91 Å². The van der Waals surface area contributed by atoms with Crippen LogP contribution in [0.15, 0.2) is 18.2 Å². The summed E-state index contributed by atoms with van der Waals surface area (Å²) in [7, 11) is 0. The van der Waals surface area contributed by atoms with E-state index in [4.69, 9.17) is 0 Å². The number of amides is 1. The normalized spacial score (nSPS) is 13.2. The molecule has 0 saturated heterocycles. The van der Waals surface area contributed by atoms with Crippen LogP contribution in [0.3, 0.4) is 0 Å². The highest BCUT2D eigenvalue weighted by molar-refractivity contribution is 5.84. The van der Waals surface area contributed by atoms with E-state index in [1.54, 1.807) is 13.8 Å². The van der Waals surface area contributed by atoms with E-state index in [2.05, 4.69) is 10.6 Å². The summed E-state index contributed by atoms with van der Waals surface area (Å²) < 4.78 is 51.1. The summed E-state index contributed by atoms with van der Waals surface area (Å²) >= 11 is 0. The van der Waals surface area contributed by atoms with Crippen molar-refractivity contribution >= 4 is 11.6 Å². The zero-order valence-corrected chi connectivity index (χ0v) is 11.3. The summed E-state index contributed by atoms with van der Waals surface area (Å²) in [5.41, 5.74) is -1.33. The molecule has 0 aliphatic rings. The SMILES string of the molecule is CC(C)NC(=O)C(C)Nc1cc(C(F)(F)F)ccc1F.